The van der Waals surface area contributed by atoms with E-state index in [4.69, 9.17) is 11.6 Å². The van der Waals surface area contributed by atoms with Crippen LogP contribution in [0.15, 0.2) is 91.3 Å². The van der Waals surface area contributed by atoms with Crippen molar-refractivity contribution in [1.82, 2.24) is 4.98 Å². The van der Waals surface area contributed by atoms with Gasteiger partial charge in [-0.1, -0.05) is 48.0 Å². The van der Waals surface area contributed by atoms with Gasteiger partial charge in [-0.15, -0.1) is 11.8 Å². The molecule has 0 bridgehead atoms. The number of carbonyl (C=O) groups is 1. The molecule has 0 aliphatic carbocycles. The van der Waals surface area contributed by atoms with Gasteiger partial charge < -0.3 is 20.2 Å². The normalized spacial score (nSPS) is 18.1. The Balaban J connectivity index is 1.38. The number of aromatic hydroxyl groups is 2. The maximum absolute atomic E-state index is 13.3. The SMILES string of the molecule is O=C1[C@H](SC[C@H](O)c2ccc(Cl)cc2O)[C@@H](c2ccc(O)cc2)N1c1ccc(-c2cccnc2)cc1. The lowest BCUT2D eigenvalue weighted by Gasteiger charge is -2.47. The Morgan fingerprint density at radius 2 is 1.72 bits per heavy atom. The molecule has 0 spiro atoms. The van der Waals surface area contributed by atoms with Gasteiger partial charge in [-0.2, -0.15) is 0 Å². The van der Waals surface area contributed by atoms with Gasteiger partial charge in [-0.25, -0.2) is 0 Å². The molecule has 1 aliphatic heterocycles. The van der Waals surface area contributed by atoms with Crippen LogP contribution in [0.1, 0.15) is 23.3 Å². The number of pyridine rings is 1. The number of nitrogens with zero attached hydrogens (tertiary/aromatic N) is 2. The summed E-state index contributed by atoms with van der Waals surface area (Å²) in [4.78, 5) is 19.2. The fourth-order valence-corrected chi connectivity index (χ4v) is 5.79. The molecule has 3 aromatic carbocycles. The molecule has 0 saturated carbocycles. The van der Waals surface area contributed by atoms with Gasteiger partial charge in [-0.3, -0.25) is 9.78 Å². The number of benzene rings is 3. The minimum absolute atomic E-state index is 0.0697. The molecule has 36 heavy (non-hydrogen) atoms. The van der Waals surface area contributed by atoms with Crippen LogP contribution in [0.4, 0.5) is 5.69 Å². The molecular formula is C28H23ClN2O4S. The smallest absolute Gasteiger partial charge is 0.243 e. The van der Waals surface area contributed by atoms with Crippen molar-refractivity contribution in [2.75, 3.05) is 10.7 Å². The van der Waals surface area contributed by atoms with Crippen LogP contribution in [0.2, 0.25) is 5.02 Å². The van der Waals surface area contributed by atoms with E-state index in [0.717, 1.165) is 22.4 Å². The Morgan fingerprint density at radius 3 is 2.39 bits per heavy atom. The van der Waals surface area contributed by atoms with Crippen molar-refractivity contribution < 1.29 is 20.1 Å². The van der Waals surface area contributed by atoms with Gasteiger partial charge >= 0.3 is 0 Å². The maximum atomic E-state index is 13.3. The van der Waals surface area contributed by atoms with E-state index < -0.39 is 11.4 Å². The van der Waals surface area contributed by atoms with E-state index in [1.165, 1.54) is 17.8 Å². The number of β-lactam (4-membered cyclic amide) rings is 1. The fourth-order valence-electron chi connectivity index (χ4n) is 4.34. The zero-order valence-corrected chi connectivity index (χ0v) is 20.6. The second-order valence-electron chi connectivity index (χ2n) is 8.51. The Morgan fingerprint density at radius 1 is 0.972 bits per heavy atom. The Hall–Kier alpha value is -3.52. The number of phenols is 2. The first-order valence-corrected chi connectivity index (χ1v) is 12.8. The number of amides is 1. The van der Waals surface area contributed by atoms with Gasteiger partial charge in [0.05, 0.1) is 12.1 Å². The number of hydrogen-bond acceptors (Lipinski definition) is 6. The molecule has 2 heterocycles. The van der Waals surface area contributed by atoms with Gasteiger partial charge in [-0.05, 0) is 59.2 Å². The van der Waals surface area contributed by atoms with E-state index in [9.17, 15) is 20.1 Å². The highest BCUT2D eigenvalue weighted by atomic mass is 35.5. The zero-order valence-electron chi connectivity index (χ0n) is 19.0. The molecule has 3 atom stereocenters. The van der Waals surface area contributed by atoms with Crippen LogP contribution >= 0.6 is 23.4 Å². The molecule has 1 aliphatic rings. The molecule has 0 radical (unpaired) electrons. The zero-order chi connectivity index (χ0) is 25.2. The van der Waals surface area contributed by atoms with Crippen molar-refractivity contribution in [2.45, 2.75) is 17.4 Å². The number of halogens is 1. The summed E-state index contributed by atoms with van der Waals surface area (Å²) >= 11 is 7.24. The van der Waals surface area contributed by atoms with Crippen molar-refractivity contribution in [3.63, 3.8) is 0 Å². The minimum atomic E-state index is -0.964. The molecule has 1 fully saturated rings. The summed E-state index contributed by atoms with van der Waals surface area (Å²) in [6, 6.07) is 22.7. The molecule has 0 unspecified atom stereocenters. The van der Waals surface area contributed by atoms with E-state index >= 15 is 0 Å². The van der Waals surface area contributed by atoms with E-state index in [2.05, 4.69) is 4.98 Å². The number of aromatic nitrogens is 1. The number of hydrogen-bond donors (Lipinski definition) is 3. The first-order chi connectivity index (χ1) is 17.4. The highest BCUT2D eigenvalue weighted by Gasteiger charge is 2.49. The first-order valence-electron chi connectivity index (χ1n) is 11.3. The highest BCUT2D eigenvalue weighted by molar-refractivity contribution is 8.00. The summed E-state index contributed by atoms with van der Waals surface area (Å²) in [5.41, 5.74) is 3.99. The number of rotatable bonds is 7. The number of anilines is 1. The summed E-state index contributed by atoms with van der Waals surface area (Å²) < 4.78 is 0. The number of carbonyl (C=O) groups excluding carboxylic acids is 1. The van der Waals surface area contributed by atoms with Crippen LogP contribution in [0.3, 0.4) is 0 Å². The quantitative estimate of drug-likeness (QED) is 0.270. The predicted molar refractivity (Wildman–Crippen MR) is 142 cm³/mol. The summed E-state index contributed by atoms with van der Waals surface area (Å²) in [7, 11) is 0. The molecule has 4 aromatic rings. The average molecular weight is 519 g/mol. The lowest BCUT2D eigenvalue weighted by molar-refractivity contribution is -0.123. The lowest BCUT2D eigenvalue weighted by Crippen LogP contribution is -2.57. The largest absolute Gasteiger partial charge is 0.508 e. The van der Waals surface area contributed by atoms with E-state index in [1.54, 1.807) is 53.7 Å². The van der Waals surface area contributed by atoms with Gasteiger partial charge in [0.2, 0.25) is 5.91 Å². The highest BCUT2D eigenvalue weighted by Crippen LogP contribution is 2.46. The standard InChI is InChI=1S/C28H23ClN2O4S/c29-20-7-12-23(24(33)14-20)25(34)16-36-27-26(18-5-10-22(32)11-6-18)31(28(27)35)21-8-3-17(4-9-21)19-2-1-13-30-15-19/h1-15,25-27,32-34H,16H2/t25-,26+,27+/m0/s1. The van der Waals surface area contributed by atoms with Crippen LogP contribution in [0.25, 0.3) is 11.1 Å². The Kier molecular flexibility index (Phi) is 6.87. The monoisotopic (exact) mass is 518 g/mol. The molecule has 5 rings (SSSR count). The number of aliphatic hydroxyl groups is 1. The van der Waals surface area contributed by atoms with Crippen LogP contribution < -0.4 is 4.90 Å². The summed E-state index contributed by atoms with van der Waals surface area (Å²) in [5, 5.41) is 30.5. The molecule has 3 N–H and O–H groups in total. The van der Waals surface area contributed by atoms with Crippen molar-refractivity contribution >= 4 is 35.0 Å². The molecule has 182 valence electrons. The average Bonchev–Trinajstić information content (AvgIpc) is 2.89. The molecule has 1 aromatic heterocycles. The number of aliphatic hydroxyl groups excluding tert-OH is 1. The van der Waals surface area contributed by atoms with Crippen molar-refractivity contribution in [3.8, 4) is 22.6 Å². The Labute approximate surface area is 217 Å². The number of phenolic OH excluding ortho intramolecular Hbond substituents is 2. The van der Waals surface area contributed by atoms with E-state index in [-0.39, 0.29) is 29.2 Å². The van der Waals surface area contributed by atoms with Gasteiger partial charge in [0.15, 0.2) is 0 Å². The third-order valence-corrected chi connectivity index (χ3v) is 7.77. The third kappa shape index (κ3) is 4.78. The second-order valence-corrected chi connectivity index (χ2v) is 10.1. The predicted octanol–water partition coefficient (Wildman–Crippen LogP) is 5.74. The van der Waals surface area contributed by atoms with Crippen LogP contribution in [-0.4, -0.2) is 37.2 Å². The van der Waals surface area contributed by atoms with Crippen LogP contribution in [-0.2, 0) is 4.79 Å². The minimum Gasteiger partial charge on any atom is -0.508 e. The van der Waals surface area contributed by atoms with Gasteiger partial charge in [0.25, 0.3) is 0 Å². The fraction of sp³-hybridized carbons (Fsp3) is 0.143. The second kappa shape index (κ2) is 10.2. The van der Waals surface area contributed by atoms with Crippen LogP contribution in [0, 0.1) is 0 Å². The molecule has 1 saturated heterocycles. The number of thioether (sulfide) groups is 1. The summed E-state index contributed by atoms with van der Waals surface area (Å²) in [6.07, 6.45) is 2.55. The topological polar surface area (TPSA) is 93.9 Å². The van der Waals surface area contributed by atoms with Crippen molar-refractivity contribution in [2.24, 2.45) is 0 Å². The van der Waals surface area contributed by atoms with Gasteiger partial charge in [0.1, 0.15) is 16.7 Å². The third-order valence-electron chi connectivity index (χ3n) is 6.21. The van der Waals surface area contributed by atoms with Gasteiger partial charge in [0, 0.05) is 34.4 Å². The maximum Gasteiger partial charge on any atom is 0.243 e. The summed E-state index contributed by atoms with van der Waals surface area (Å²) in [6.45, 7) is 0. The first kappa shape index (κ1) is 24.2. The summed E-state index contributed by atoms with van der Waals surface area (Å²) in [5.74, 6) is 0.212. The molecule has 6 nitrogen and oxygen atoms in total. The van der Waals surface area contributed by atoms with Crippen molar-refractivity contribution in [3.05, 3.63) is 107 Å². The van der Waals surface area contributed by atoms with Crippen molar-refractivity contribution in [1.29, 1.82) is 0 Å². The lowest BCUT2D eigenvalue weighted by atomic mass is 9.92. The van der Waals surface area contributed by atoms with E-state index in [1.807, 2.05) is 36.4 Å². The molecule has 8 heteroatoms. The molecule has 1 amide bonds. The molecular weight excluding hydrogens is 496 g/mol. The Bertz CT molecular complexity index is 1370. The van der Waals surface area contributed by atoms with E-state index in [0.29, 0.717) is 10.6 Å². The van der Waals surface area contributed by atoms with Crippen LogP contribution in [0.5, 0.6) is 11.5 Å².